The standard InChI is InChI=1S/C22H19F4N5O2/c1-12-3-5-16-15(7-8-31(21(16)33)13(2)11-28-30-27)20(12)29-19(32)10-14-4-6-17(18(23)9-14)22(24,25)26/h3-9,13H,10-11H2,1-2H3,(H,29,32)/t13-/m1/s1. The molecule has 0 aliphatic carbocycles. The minimum atomic E-state index is -4.82. The minimum absolute atomic E-state index is 0.0742. The van der Waals surface area contributed by atoms with Crippen LogP contribution in [0.3, 0.4) is 0 Å². The summed E-state index contributed by atoms with van der Waals surface area (Å²) in [5.41, 5.74) is 7.85. The van der Waals surface area contributed by atoms with Gasteiger partial charge in [-0.2, -0.15) is 13.2 Å². The van der Waals surface area contributed by atoms with E-state index >= 15 is 0 Å². The van der Waals surface area contributed by atoms with Crippen molar-refractivity contribution >= 4 is 22.4 Å². The van der Waals surface area contributed by atoms with Gasteiger partial charge < -0.3 is 9.88 Å². The van der Waals surface area contributed by atoms with Crippen LogP contribution in [0.5, 0.6) is 0 Å². The molecule has 0 radical (unpaired) electrons. The molecule has 0 saturated carbocycles. The molecule has 172 valence electrons. The zero-order valence-electron chi connectivity index (χ0n) is 17.7. The quantitative estimate of drug-likeness (QED) is 0.226. The number of anilines is 1. The number of pyridine rings is 1. The maximum absolute atomic E-state index is 13.8. The van der Waals surface area contributed by atoms with E-state index in [0.29, 0.717) is 34.2 Å². The molecular formula is C22H19F4N5O2. The van der Waals surface area contributed by atoms with Gasteiger partial charge in [0.15, 0.2) is 0 Å². The number of nitrogens with one attached hydrogen (secondary N) is 1. The molecule has 7 nitrogen and oxygen atoms in total. The topological polar surface area (TPSA) is 99.9 Å². The van der Waals surface area contributed by atoms with Gasteiger partial charge in [0.1, 0.15) is 5.82 Å². The van der Waals surface area contributed by atoms with Gasteiger partial charge in [-0.1, -0.05) is 17.2 Å². The normalized spacial score (nSPS) is 12.3. The smallest absolute Gasteiger partial charge is 0.325 e. The second-order valence-corrected chi connectivity index (χ2v) is 7.55. The van der Waals surface area contributed by atoms with E-state index in [1.165, 1.54) is 10.8 Å². The van der Waals surface area contributed by atoms with Crippen LogP contribution in [0.4, 0.5) is 23.2 Å². The number of aryl methyl sites for hydroxylation is 1. The number of amides is 1. The van der Waals surface area contributed by atoms with Gasteiger partial charge in [-0.05, 0) is 54.8 Å². The second-order valence-electron chi connectivity index (χ2n) is 7.55. The molecule has 0 bridgehead atoms. The molecule has 1 heterocycles. The Kier molecular flexibility index (Phi) is 6.73. The lowest BCUT2D eigenvalue weighted by Gasteiger charge is -2.16. The molecule has 3 rings (SSSR count). The van der Waals surface area contributed by atoms with Gasteiger partial charge >= 0.3 is 6.18 Å². The first-order valence-corrected chi connectivity index (χ1v) is 9.83. The number of aromatic nitrogens is 1. The minimum Gasteiger partial charge on any atom is -0.325 e. The van der Waals surface area contributed by atoms with Crippen molar-refractivity contribution in [1.82, 2.24) is 4.57 Å². The van der Waals surface area contributed by atoms with Crippen LogP contribution in [0.15, 0.2) is 52.5 Å². The van der Waals surface area contributed by atoms with Gasteiger partial charge in [0, 0.05) is 34.5 Å². The van der Waals surface area contributed by atoms with Gasteiger partial charge in [0.05, 0.1) is 17.7 Å². The molecule has 0 fully saturated rings. The first-order valence-electron chi connectivity index (χ1n) is 9.83. The Morgan fingerprint density at radius 3 is 2.58 bits per heavy atom. The molecular weight excluding hydrogens is 442 g/mol. The number of azide groups is 1. The van der Waals surface area contributed by atoms with Crippen molar-refractivity contribution in [3.63, 3.8) is 0 Å². The average molecular weight is 461 g/mol. The number of nitrogens with zero attached hydrogens (tertiary/aromatic N) is 4. The van der Waals surface area contributed by atoms with Crippen molar-refractivity contribution in [3.05, 3.63) is 85.9 Å². The highest BCUT2D eigenvalue weighted by atomic mass is 19.4. The van der Waals surface area contributed by atoms with Crippen LogP contribution in [-0.4, -0.2) is 17.0 Å². The average Bonchev–Trinajstić information content (AvgIpc) is 2.73. The summed E-state index contributed by atoms with van der Waals surface area (Å²) in [6.45, 7) is 3.53. The Bertz CT molecular complexity index is 1330. The van der Waals surface area contributed by atoms with Crippen molar-refractivity contribution in [2.75, 3.05) is 11.9 Å². The molecule has 0 aliphatic heterocycles. The lowest BCUT2D eigenvalue weighted by atomic mass is 10.0. The maximum atomic E-state index is 13.8. The maximum Gasteiger partial charge on any atom is 0.419 e. The summed E-state index contributed by atoms with van der Waals surface area (Å²) < 4.78 is 53.4. The zero-order chi connectivity index (χ0) is 24.3. The number of carbonyl (C=O) groups excluding carboxylic acids is 1. The Labute approximate surface area is 185 Å². The van der Waals surface area contributed by atoms with Crippen molar-refractivity contribution in [3.8, 4) is 0 Å². The van der Waals surface area contributed by atoms with Crippen LogP contribution in [0.2, 0.25) is 0 Å². The monoisotopic (exact) mass is 461 g/mol. The van der Waals surface area contributed by atoms with Gasteiger partial charge in [0.25, 0.3) is 5.56 Å². The van der Waals surface area contributed by atoms with Crippen molar-refractivity contribution in [1.29, 1.82) is 0 Å². The predicted molar refractivity (Wildman–Crippen MR) is 115 cm³/mol. The predicted octanol–water partition coefficient (Wildman–Crippen LogP) is 5.52. The zero-order valence-corrected chi connectivity index (χ0v) is 17.7. The summed E-state index contributed by atoms with van der Waals surface area (Å²) in [5.74, 6) is -2.03. The first kappa shape index (κ1) is 23.8. The van der Waals surface area contributed by atoms with E-state index in [0.717, 1.165) is 6.07 Å². The van der Waals surface area contributed by atoms with Crippen LogP contribution >= 0.6 is 0 Å². The Balaban J connectivity index is 1.89. The SMILES string of the molecule is Cc1ccc2c(=O)n([C@H](C)CN=[N+]=[N-])ccc2c1NC(=O)Cc1ccc(C(F)(F)F)c(F)c1. The number of halogens is 4. The second kappa shape index (κ2) is 9.33. The molecule has 1 aromatic heterocycles. The molecule has 2 aromatic carbocycles. The fourth-order valence-electron chi connectivity index (χ4n) is 3.47. The van der Waals surface area contributed by atoms with Gasteiger partial charge in [-0.25, -0.2) is 4.39 Å². The van der Waals surface area contributed by atoms with Crippen LogP contribution in [-0.2, 0) is 17.4 Å². The summed E-state index contributed by atoms with van der Waals surface area (Å²) in [6, 6.07) is 6.86. The van der Waals surface area contributed by atoms with E-state index in [1.807, 2.05) is 0 Å². The fourth-order valence-corrected chi connectivity index (χ4v) is 3.47. The summed E-state index contributed by atoms with van der Waals surface area (Å²) in [6.07, 6.45) is -3.65. The number of hydrogen-bond acceptors (Lipinski definition) is 3. The molecule has 1 amide bonds. The molecule has 1 atom stereocenters. The summed E-state index contributed by atoms with van der Waals surface area (Å²) in [5, 5.41) is 6.95. The third-order valence-corrected chi connectivity index (χ3v) is 5.17. The largest absolute Gasteiger partial charge is 0.419 e. The highest BCUT2D eigenvalue weighted by molar-refractivity contribution is 6.03. The van der Waals surface area contributed by atoms with Gasteiger partial charge in [-0.15, -0.1) is 0 Å². The van der Waals surface area contributed by atoms with E-state index in [1.54, 1.807) is 32.0 Å². The number of hydrogen-bond donors (Lipinski definition) is 1. The summed E-state index contributed by atoms with van der Waals surface area (Å²) in [7, 11) is 0. The molecule has 0 saturated heterocycles. The highest BCUT2D eigenvalue weighted by Crippen LogP contribution is 2.32. The Morgan fingerprint density at radius 2 is 1.94 bits per heavy atom. The molecule has 0 aliphatic rings. The Hall–Kier alpha value is -3.85. The molecule has 1 N–H and O–H groups in total. The molecule has 11 heteroatoms. The van der Waals surface area contributed by atoms with Gasteiger partial charge in [0.2, 0.25) is 5.91 Å². The number of benzene rings is 2. The van der Waals surface area contributed by atoms with Crippen LogP contribution in [0, 0.1) is 12.7 Å². The molecule has 33 heavy (non-hydrogen) atoms. The van der Waals surface area contributed by atoms with Crippen LogP contribution < -0.4 is 10.9 Å². The molecule has 0 spiro atoms. The van der Waals surface area contributed by atoms with Gasteiger partial charge in [-0.3, -0.25) is 9.59 Å². The van der Waals surface area contributed by atoms with E-state index in [-0.39, 0.29) is 30.1 Å². The number of carbonyl (C=O) groups is 1. The first-order chi connectivity index (χ1) is 15.5. The fraction of sp³-hybridized carbons (Fsp3) is 0.273. The Morgan fingerprint density at radius 1 is 1.21 bits per heavy atom. The number of alkyl halides is 3. The lowest BCUT2D eigenvalue weighted by molar-refractivity contribution is -0.140. The van der Waals surface area contributed by atoms with E-state index in [2.05, 4.69) is 15.3 Å². The van der Waals surface area contributed by atoms with E-state index in [4.69, 9.17) is 5.53 Å². The van der Waals surface area contributed by atoms with Crippen molar-refractivity contribution in [2.45, 2.75) is 32.5 Å². The summed E-state index contributed by atoms with van der Waals surface area (Å²) >= 11 is 0. The van der Waals surface area contributed by atoms with E-state index < -0.39 is 23.5 Å². The van der Waals surface area contributed by atoms with Crippen molar-refractivity contribution in [2.24, 2.45) is 5.11 Å². The highest BCUT2D eigenvalue weighted by Gasteiger charge is 2.34. The number of fused-ring (bicyclic) bond motifs is 1. The molecule has 3 aromatic rings. The van der Waals surface area contributed by atoms with Crippen molar-refractivity contribution < 1.29 is 22.4 Å². The number of rotatable bonds is 6. The summed E-state index contributed by atoms with van der Waals surface area (Å²) in [4.78, 5) is 28.2. The van der Waals surface area contributed by atoms with Crippen LogP contribution in [0.1, 0.15) is 29.7 Å². The third-order valence-electron chi connectivity index (χ3n) is 5.17. The van der Waals surface area contributed by atoms with Crippen LogP contribution in [0.25, 0.3) is 21.2 Å². The van der Waals surface area contributed by atoms with E-state index in [9.17, 15) is 27.2 Å². The molecule has 0 unspecified atom stereocenters. The lowest BCUT2D eigenvalue weighted by Crippen LogP contribution is -2.25. The third kappa shape index (κ3) is 5.15.